The van der Waals surface area contributed by atoms with Gasteiger partial charge in [0.15, 0.2) is 0 Å². The van der Waals surface area contributed by atoms with Gasteiger partial charge in [-0.3, -0.25) is 9.59 Å². The van der Waals surface area contributed by atoms with Crippen LogP contribution in [0.3, 0.4) is 0 Å². The zero-order valence-corrected chi connectivity index (χ0v) is 17.1. The fraction of sp³-hybridized carbons (Fsp3) is 0.905. The highest BCUT2D eigenvalue weighted by molar-refractivity contribution is 5.78. The van der Waals surface area contributed by atoms with Crippen molar-refractivity contribution >= 4 is 11.8 Å². The standard InChI is InChI=1S/C21H43N3O2/c1-2-3-4-5-9-12-18-24-21(26)19(15-13-17-22)14-10-7-6-8-11-16-20(23)25/h19H,2-18,22H2,1H3,(H2,23,25)(H,24,26). The van der Waals surface area contributed by atoms with Gasteiger partial charge >= 0.3 is 0 Å². The third-order valence-corrected chi connectivity index (χ3v) is 4.93. The molecule has 0 fully saturated rings. The lowest BCUT2D eigenvalue weighted by Gasteiger charge is -2.16. The molecule has 0 aromatic rings. The molecule has 26 heavy (non-hydrogen) atoms. The summed E-state index contributed by atoms with van der Waals surface area (Å²) in [7, 11) is 0. The molecule has 0 radical (unpaired) electrons. The Hall–Kier alpha value is -1.10. The third-order valence-electron chi connectivity index (χ3n) is 4.93. The maximum Gasteiger partial charge on any atom is 0.223 e. The van der Waals surface area contributed by atoms with Gasteiger partial charge in [-0.15, -0.1) is 0 Å². The summed E-state index contributed by atoms with van der Waals surface area (Å²) in [6.07, 6.45) is 15.9. The summed E-state index contributed by atoms with van der Waals surface area (Å²) >= 11 is 0. The Kier molecular flexibility index (Phi) is 17.9. The van der Waals surface area contributed by atoms with Crippen LogP contribution in [0.2, 0.25) is 0 Å². The van der Waals surface area contributed by atoms with Crippen LogP contribution < -0.4 is 16.8 Å². The number of unbranched alkanes of at least 4 members (excludes halogenated alkanes) is 9. The molecule has 5 heteroatoms. The minimum atomic E-state index is -0.214. The van der Waals surface area contributed by atoms with Gasteiger partial charge in [0, 0.05) is 18.9 Å². The normalized spacial score (nSPS) is 12.1. The molecule has 2 amide bonds. The second-order valence-corrected chi connectivity index (χ2v) is 7.46. The topological polar surface area (TPSA) is 98.2 Å². The predicted octanol–water partition coefficient (Wildman–Crippen LogP) is 4.03. The molecule has 0 aliphatic rings. The van der Waals surface area contributed by atoms with Crippen molar-refractivity contribution in [3.05, 3.63) is 0 Å². The summed E-state index contributed by atoms with van der Waals surface area (Å²) in [5.41, 5.74) is 10.8. The maximum atomic E-state index is 12.4. The predicted molar refractivity (Wildman–Crippen MR) is 110 cm³/mol. The van der Waals surface area contributed by atoms with E-state index in [-0.39, 0.29) is 17.7 Å². The summed E-state index contributed by atoms with van der Waals surface area (Å²) in [5, 5.41) is 3.13. The largest absolute Gasteiger partial charge is 0.370 e. The smallest absolute Gasteiger partial charge is 0.223 e. The highest BCUT2D eigenvalue weighted by Gasteiger charge is 2.16. The molecular weight excluding hydrogens is 326 g/mol. The van der Waals surface area contributed by atoms with Gasteiger partial charge in [-0.1, -0.05) is 64.7 Å². The van der Waals surface area contributed by atoms with Gasteiger partial charge in [-0.05, 0) is 38.6 Å². The number of nitrogens with two attached hydrogens (primary N) is 2. The minimum Gasteiger partial charge on any atom is -0.370 e. The molecule has 0 aromatic heterocycles. The molecule has 0 saturated heterocycles. The van der Waals surface area contributed by atoms with Crippen LogP contribution in [0.5, 0.6) is 0 Å². The van der Waals surface area contributed by atoms with E-state index in [1.807, 2.05) is 0 Å². The molecule has 0 heterocycles. The van der Waals surface area contributed by atoms with Crippen molar-refractivity contribution in [2.45, 2.75) is 103 Å². The zero-order chi connectivity index (χ0) is 19.5. The van der Waals surface area contributed by atoms with E-state index in [1.54, 1.807) is 0 Å². The average molecular weight is 370 g/mol. The molecule has 0 bridgehead atoms. The summed E-state index contributed by atoms with van der Waals surface area (Å²) in [5.74, 6) is 0.0962. The zero-order valence-electron chi connectivity index (χ0n) is 17.1. The van der Waals surface area contributed by atoms with Gasteiger partial charge < -0.3 is 16.8 Å². The van der Waals surface area contributed by atoms with Crippen LogP contribution in [0.25, 0.3) is 0 Å². The molecule has 0 saturated carbocycles. The first-order chi connectivity index (χ1) is 12.6. The van der Waals surface area contributed by atoms with E-state index in [0.717, 1.165) is 64.3 Å². The lowest BCUT2D eigenvalue weighted by Crippen LogP contribution is -2.32. The second kappa shape index (κ2) is 18.7. The molecule has 0 aliphatic carbocycles. The van der Waals surface area contributed by atoms with Crippen LogP contribution in [0, 0.1) is 5.92 Å². The second-order valence-electron chi connectivity index (χ2n) is 7.46. The van der Waals surface area contributed by atoms with Crippen molar-refractivity contribution in [1.82, 2.24) is 5.32 Å². The molecule has 0 aromatic carbocycles. The van der Waals surface area contributed by atoms with Crippen LogP contribution in [0.1, 0.15) is 103 Å². The highest BCUT2D eigenvalue weighted by atomic mass is 16.2. The van der Waals surface area contributed by atoms with Gasteiger partial charge in [0.1, 0.15) is 0 Å². The highest BCUT2D eigenvalue weighted by Crippen LogP contribution is 2.17. The van der Waals surface area contributed by atoms with E-state index < -0.39 is 0 Å². The molecule has 0 rings (SSSR count). The van der Waals surface area contributed by atoms with Gasteiger partial charge in [0.05, 0.1) is 0 Å². The Morgan fingerprint density at radius 3 is 2.04 bits per heavy atom. The van der Waals surface area contributed by atoms with Crippen LogP contribution in [-0.2, 0) is 9.59 Å². The number of carbonyl (C=O) groups excluding carboxylic acids is 2. The SMILES string of the molecule is CCCCCCCCNC(=O)C(CCCN)CCCCCCCC(N)=O. The van der Waals surface area contributed by atoms with Gasteiger partial charge in [0.25, 0.3) is 0 Å². The lowest BCUT2D eigenvalue weighted by atomic mass is 9.94. The van der Waals surface area contributed by atoms with E-state index in [4.69, 9.17) is 11.5 Å². The van der Waals surface area contributed by atoms with Crippen molar-refractivity contribution in [3.63, 3.8) is 0 Å². The molecule has 0 spiro atoms. The Morgan fingerprint density at radius 1 is 0.808 bits per heavy atom. The van der Waals surface area contributed by atoms with Crippen molar-refractivity contribution in [2.24, 2.45) is 17.4 Å². The average Bonchev–Trinajstić information content (AvgIpc) is 2.62. The van der Waals surface area contributed by atoms with Crippen molar-refractivity contribution in [2.75, 3.05) is 13.1 Å². The van der Waals surface area contributed by atoms with Crippen LogP contribution in [-0.4, -0.2) is 24.9 Å². The van der Waals surface area contributed by atoms with Gasteiger partial charge in [0.2, 0.25) is 11.8 Å². The molecule has 154 valence electrons. The summed E-state index contributed by atoms with van der Waals surface area (Å²) in [4.78, 5) is 23.1. The summed E-state index contributed by atoms with van der Waals surface area (Å²) < 4.78 is 0. The fourth-order valence-electron chi connectivity index (χ4n) is 3.25. The van der Waals surface area contributed by atoms with E-state index in [2.05, 4.69) is 12.2 Å². The minimum absolute atomic E-state index is 0.101. The molecule has 5 N–H and O–H groups in total. The first-order valence-corrected chi connectivity index (χ1v) is 10.9. The fourth-order valence-corrected chi connectivity index (χ4v) is 3.25. The number of rotatable bonds is 19. The summed E-state index contributed by atoms with van der Waals surface area (Å²) in [6.45, 7) is 3.67. The Bertz CT molecular complexity index is 348. The van der Waals surface area contributed by atoms with Crippen molar-refractivity contribution < 1.29 is 9.59 Å². The van der Waals surface area contributed by atoms with Crippen molar-refractivity contribution in [3.8, 4) is 0 Å². The number of carbonyl (C=O) groups is 2. The number of amides is 2. The van der Waals surface area contributed by atoms with E-state index in [0.29, 0.717) is 13.0 Å². The number of nitrogens with one attached hydrogen (secondary N) is 1. The first-order valence-electron chi connectivity index (χ1n) is 10.9. The Morgan fingerprint density at radius 2 is 1.38 bits per heavy atom. The van der Waals surface area contributed by atoms with E-state index >= 15 is 0 Å². The van der Waals surface area contributed by atoms with Gasteiger partial charge in [-0.2, -0.15) is 0 Å². The summed E-state index contributed by atoms with van der Waals surface area (Å²) in [6, 6.07) is 0. The van der Waals surface area contributed by atoms with Crippen LogP contribution in [0.15, 0.2) is 0 Å². The van der Waals surface area contributed by atoms with Crippen LogP contribution in [0.4, 0.5) is 0 Å². The number of primary amides is 1. The third kappa shape index (κ3) is 16.4. The first kappa shape index (κ1) is 24.9. The Labute approximate surface area is 161 Å². The van der Waals surface area contributed by atoms with Gasteiger partial charge in [-0.25, -0.2) is 0 Å². The van der Waals surface area contributed by atoms with Crippen LogP contribution >= 0.6 is 0 Å². The molecule has 5 nitrogen and oxygen atoms in total. The Balaban J connectivity index is 3.83. The molecule has 0 aliphatic heterocycles. The molecule has 1 unspecified atom stereocenters. The van der Waals surface area contributed by atoms with E-state index in [9.17, 15) is 9.59 Å². The van der Waals surface area contributed by atoms with Crippen molar-refractivity contribution in [1.29, 1.82) is 0 Å². The quantitative estimate of drug-likeness (QED) is 0.300. The maximum absolute atomic E-state index is 12.4. The monoisotopic (exact) mass is 369 g/mol. The lowest BCUT2D eigenvalue weighted by molar-refractivity contribution is -0.125. The number of hydrogen-bond acceptors (Lipinski definition) is 3. The molecule has 1 atom stereocenters. The molecular formula is C21H43N3O2. The number of hydrogen-bond donors (Lipinski definition) is 3. The van der Waals surface area contributed by atoms with E-state index in [1.165, 1.54) is 32.1 Å².